The molecule has 4 aromatic carbocycles. The van der Waals surface area contributed by atoms with Gasteiger partial charge >= 0.3 is 5.97 Å². The summed E-state index contributed by atoms with van der Waals surface area (Å²) in [6.07, 6.45) is 5.04. The summed E-state index contributed by atoms with van der Waals surface area (Å²) < 4.78 is 6.16. The molecular weight excluding hydrogens is 692 g/mol. The Balaban J connectivity index is 1.16. The van der Waals surface area contributed by atoms with E-state index in [0.717, 1.165) is 11.1 Å². The standard InChI is InChI=1S/C39H28BrClN2O5/c1-22-35(41)32(40)19-30-31(39(47)48-21-34(44)26-13-11-24(12-14-26)23-7-3-2-4-8-23)20-33(42-36(22)30)25-15-17-27(18-16-25)43-37(45)28-9-5-6-10-29(28)38(43)46/h2-8,11-20,28-29H,9-10,21H2,1H3. The van der Waals surface area contributed by atoms with Crippen LogP contribution in [0.1, 0.15) is 39.1 Å². The number of ether oxygens (including phenoxy) is 1. The molecule has 7 rings (SSSR count). The number of hydrogen-bond donors (Lipinski definition) is 0. The molecule has 2 unspecified atom stereocenters. The lowest BCUT2D eigenvalue weighted by Crippen LogP contribution is -2.30. The van der Waals surface area contributed by atoms with E-state index in [1.54, 1.807) is 48.5 Å². The van der Waals surface area contributed by atoms with Crippen molar-refractivity contribution in [2.45, 2.75) is 19.8 Å². The number of rotatable bonds is 7. The van der Waals surface area contributed by atoms with Crippen molar-refractivity contribution in [3.05, 3.63) is 129 Å². The second kappa shape index (κ2) is 12.9. The number of anilines is 1. The smallest absolute Gasteiger partial charge is 0.339 e. The van der Waals surface area contributed by atoms with Crippen LogP contribution in [0.25, 0.3) is 33.3 Å². The van der Waals surface area contributed by atoms with Crippen molar-refractivity contribution >= 4 is 67.7 Å². The molecule has 0 radical (unpaired) electrons. The van der Waals surface area contributed by atoms with E-state index in [2.05, 4.69) is 15.9 Å². The molecule has 0 spiro atoms. The van der Waals surface area contributed by atoms with E-state index in [-0.39, 0.29) is 35.0 Å². The molecule has 2 aliphatic rings. The van der Waals surface area contributed by atoms with Gasteiger partial charge in [0.15, 0.2) is 12.4 Å². The number of allylic oxidation sites excluding steroid dienone is 2. The average molecular weight is 720 g/mol. The molecule has 7 nitrogen and oxygen atoms in total. The van der Waals surface area contributed by atoms with Gasteiger partial charge in [0, 0.05) is 21.0 Å². The number of hydrogen-bond acceptors (Lipinski definition) is 6. The van der Waals surface area contributed by atoms with Crippen LogP contribution in [0.3, 0.4) is 0 Å². The first-order chi connectivity index (χ1) is 23.2. The Morgan fingerprint density at radius 3 is 2.10 bits per heavy atom. The molecule has 2 amide bonds. The lowest BCUT2D eigenvalue weighted by Gasteiger charge is -2.16. The predicted octanol–water partition coefficient (Wildman–Crippen LogP) is 8.79. The Bertz CT molecular complexity index is 2120. The second-order valence-corrected chi connectivity index (χ2v) is 13.1. The monoisotopic (exact) mass is 718 g/mol. The van der Waals surface area contributed by atoms with E-state index in [1.807, 2.05) is 61.5 Å². The number of esters is 1. The summed E-state index contributed by atoms with van der Waals surface area (Å²) in [7, 11) is 0. The number of amides is 2. The van der Waals surface area contributed by atoms with Gasteiger partial charge in [0.2, 0.25) is 11.8 Å². The number of ketones is 1. The molecule has 1 saturated heterocycles. The zero-order valence-electron chi connectivity index (χ0n) is 25.8. The van der Waals surface area contributed by atoms with Crippen molar-refractivity contribution in [1.29, 1.82) is 0 Å². The van der Waals surface area contributed by atoms with Crippen LogP contribution in [0.15, 0.2) is 108 Å². The lowest BCUT2D eigenvalue weighted by atomic mass is 9.85. The number of pyridine rings is 1. The Morgan fingerprint density at radius 2 is 1.46 bits per heavy atom. The zero-order valence-corrected chi connectivity index (χ0v) is 28.1. The number of nitrogens with zero attached hydrogens (tertiary/aromatic N) is 2. The number of carbonyl (C=O) groups excluding carboxylic acids is 4. The van der Waals surface area contributed by atoms with Gasteiger partial charge in [-0.15, -0.1) is 0 Å². The summed E-state index contributed by atoms with van der Waals surface area (Å²) in [4.78, 5) is 59.0. The molecule has 1 aromatic heterocycles. The van der Waals surface area contributed by atoms with Crippen molar-refractivity contribution in [2.24, 2.45) is 11.8 Å². The Kier molecular flexibility index (Phi) is 8.54. The molecule has 2 atom stereocenters. The van der Waals surface area contributed by atoms with Gasteiger partial charge in [-0.1, -0.05) is 90.5 Å². The molecular formula is C39H28BrClN2O5. The highest BCUT2D eigenvalue weighted by molar-refractivity contribution is 9.10. The molecule has 1 aliphatic carbocycles. The van der Waals surface area contributed by atoms with Crippen LogP contribution in [-0.2, 0) is 14.3 Å². The van der Waals surface area contributed by atoms with Gasteiger partial charge in [0.05, 0.1) is 39.3 Å². The van der Waals surface area contributed by atoms with Gasteiger partial charge in [-0.2, -0.15) is 0 Å². The number of benzene rings is 4. The largest absolute Gasteiger partial charge is 0.454 e. The topological polar surface area (TPSA) is 93.6 Å². The number of aryl methyl sites for hydroxylation is 1. The third-order valence-corrected chi connectivity index (χ3v) is 10.4. The fourth-order valence-electron chi connectivity index (χ4n) is 6.38. The molecule has 48 heavy (non-hydrogen) atoms. The first-order valence-corrected chi connectivity index (χ1v) is 16.7. The third kappa shape index (κ3) is 5.76. The zero-order chi connectivity index (χ0) is 33.5. The van der Waals surface area contributed by atoms with E-state index in [9.17, 15) is 19.2 Å². The van der Waals surface area contributed by atoms with Crippen molar-refractivity contribution in [1.82, 2.24) is 4.98 Å². The maximum atomic E-state index is 13.6. The fourth-order valence-corrected chi connectivity index (χ4v) is 7.05. The van der Waals surface area contributed by atoms with Crippen LogP contribution in [0.5, 0.6) is 0 Å². The number of halogens is 2. The SMILES string of the molecule is Cc1c(Cl)c(Br)cc2c(C(=O)OCC(=O)c3ccc(-c4ccccc4)cc3)cc(-c3ccc(N4C(=O)C5CC=CCC5C4=O)cc3)nc12. The summed E-state index contributed by atoms with van der Waals surface area (Å²) in [5.41, 5.74) is 5.42. The van der Waals surface area contributed by atoms with Crippen LogP contribution in [-0.4, -0.2) is 35.2 Å². The van der Waals surface area contributed by atoms with Gasteiger partial charge in [0.1, 0.15) is 0 Å². The minimum atomic E-state index is -0.687. The predicted molar refractivity (Wildman–Crippen MR) is 189 cm³/mol. The maximum Gasteiger partial charge on any atom is 0.339 e. The van der Waals surface area contributed by atoms with E-state index in [1.165, 1.54) is 4.90 Å². The van der Waals surface area contributed by atoms with Crippen LogP contribution in [0.2, 0.25) is 5.02 Å². The van der Waals surface area contributed by atoms with Gasteiger partial charge < -0.3 is 4.74 Å². The number of aromatic nitrogens is 1. The minimum absolute atomic E-state index is 0.187. The summed E-state index contributed by atoms with van der Waals surface area (Å²) in [5, 5.41) is 0.969. The summed E-state index contributed by atoms with van der Waals surface area (Å²) in [6.45, 7) is 1.37. The highest BCUT2D eigenvalue weighted by atomic mass is 79.9. The molecule has 238 valence electrons. The molecule has 5 aromatic rings. The number of Topliss-reactive ketones (excluding diaryl/α,β-unsaturated/α-hetero) is 1. The number of imide groups is 1. The Morgan fingerprint density at radius 1 is 0.854 bits per heavy atom. The summed E-state index contributed by atoms with van der Waals surface area (Å²) in [5.74, 6) is -2.05. The minimum Gasteiger partial charge on any atom is -0.454 e. The van der Waals surface area contributed by atoms with Crippen molar-refractivity contribution in [2.75, 3.05) is 11.5 Å². The van der Waals surface area contributed by atoms with E-state index < -0.39 is 12.6 Å². The first-order valence-electron chi connectivity index (χ1n) is 15.5. The quantitative estimate of drug-likeness (QED) is 0.0723. The van der Waals surface area contributed by atoms with Crippen molar-refractivity contribution in [3.63, 3.8) is 0 Å². The summed E-state index contributed by atoms with van der Waals surface area (Å²) >= 11 is 10.0. The van der Waals surface area contributed by atoms with Crippen LogP contribution in [0, 0.1) is 18.8 Å². The Hall–Kier alpha value is -4.92. The molecule has 0 N–H and O–H groups in total. The lowest BCUT2D eigenvalue weighted by molar-refractivity contribution is -0.122. The highest BCUT2D eigenvalue weighted by Gasteiger charge is 2.47. The Labute approximate surface area is 290 Å². The number of fused-ring (bicyclic) bond motifs is 2. The van der Waals surface area contributed by atoms with Crippen molar-refractivity contribution in [3.8, 4) is 22.4 Å². The molecule has 1 aliphatic heterocycles. The van der Waals surface area contributed by atoms with Gasteiger partial charge in [-0.3, -0.25) is 19.3 Å². The average Bonchev–Trinajstić information content (AvgIpc) is 3.38. The van der Waals surface area contributed by atoms with Crippen LogP contribution in [0.4, 0.5) is 5.69 Å². The van der Waals surface area contributed by atoms with Gasteiger partial charge in [0.25, 0.3) is 0 Å². The highest BCUT2D eigenvalue weighted by Crippen LogP contribution is 2.39. The van der Waals surface area contributed by atoms with Gasteiger partial charge in [-0.25, -0.2) is 9.78 Å². The molecule has 0 bridgehead atoms. The number of carbonyl (C=O) groups is 4. The normalized spacial score (nSPS) is 17.1. The van der Waals surface area contributed by atoms with E-state index in [0.29, 0.717) is 61.3 Å². The van der Waals surface area contributed by atoms with Crippen LogP contribution >= 0.6 is 27.5 Å². The first kappa shape index (κ1) is 31.7. The second-order valence-electron chi connectivity index (χ2n) is 11.9. The maximum absolute atomic E-state index is 13.6. The molecule has 1 fully saturated rings. The molecule has 0 saturated carbocycles. The van der Waals surface area contributed by atoms with Gasteiger partial charge in [-0.05, 0) is 76.7 Å². The summed E-state index contributed by atoms with van der Waals surface area (Å²) in [6, 6.07) is 27.3. The van der Waals surface area contributed by atoms with E-state index >= 15 is 0 Å². The third-order valence-electron chi connectivity index (χ3n) is 9.02. The fraction of sp³-hybridized carbons (Fsp3) is 0.154. The van der Waals surface area contributed by atoms with Crippen LogP contribution < -0.4 is 4.90 Å². The van der Waals surface area contributed by atoms with E-state index in [4.69, 9.17) is 21.3 Å². The molecule has 9 heteroatoms. The van der Waals surface area contributed by atoms with Crippen molar-refractivity contribution < 1.29 is 23.9 Å². The molecule has 2 heterocycles.